The Morgan fingerprint density at radius 2 is 1.41 bits per heavy atom. The Hall–Kier alpha value is -5.47. The average Bonchev–Trinajstić information content (AvgIpc) is 3.71. The van der Waals surface area contributed by atoms with Gasteiger partial charge in [0.2, 0.25) is 11.8 Å². The molecule has 6 N–H and O–H groups in total. The predicted molar refractivity (Wildman–Crippen MR) is 173 cm³/mol. The fourth-order valence-corrected chi connectivity index (χ4v) is 5.31. The lowest BCUT2D eigenvalue weighted by molar-refractivity contribution is -0.129. The van der Waals surface area contributed by atoms with E-state index in [0.717, 1.165) is 44.4 Å². The van der Waals surface area contributed by atoms with Crippen LogP contribution in [0.25, 0.3) is 33.4 Å². The van der Waals surface area contributed by atoms with E-state index in [1.807, 2.05) is 91.1 Å². The van der Waals surface area contributed by atoms with Crippen LogP contribution in [0.15, 0.2) is 122 Å². The van der Waals surface area contributed by atoms with Gasteiger partial charge in [-0.15, -0.1) is 0 Å². The average molecular weight is 583 g/mol. The smallest absolute Gasteiger partial charge is 0.243 e. The summed E-state index contributed by atoms with van der Waals surface area (Å²) < 4.78 is 0. The number of aromatic nitrogens is 3. The standard InChI is InChI=1S/C36H34N6O2/c37-31(19-28-22-38-32-14-8-7-13-30(28)32)35(43)42-33(36(44)40-21-24-9-3-1-4-10-24)20-29-23-39-34(41-29)27-17-15-26(16-18-27)25-11-5-2-6-12-25/h1-18,22-23,31,33,38H,19-21,37H2,(H,39,41)(H,40,44)(H,42,43)/t31-,33-/m0/s1. The van der Waals surface area contributed by atoms with Gasteiger partial charge in [-0.2, -0.15) is 0 Å². The lowest BCUT2D eigenvalue weighted by Gasteiger charge is -2.20. The molecule has 0 bridgehead atoms. The van der Waals surface area contributed by atoms with Crippen molar-refractivity contribution in [1.29, 1.82) is 0 Å². The number of benzene rings is 4. The Bertz CT molecular complexity index is 1840. The van der Waals surface area contributed by atoms with Crippen LogP contribution in [0.5, 0.6) is 0 Å². The molecule has 2 aromatic heterocycles. The molecule has 4 aromatic carbocycles. The molecule has 6 rings (SSSR count). The summed E-state index contributed by atoms with van der Waals surface area (Å²) in [4.78, 5) is 37.8. The largest absolute Gasteiger partial charge is 0.361 e. The summed E-state index contributed by atoms with van der Waals surface area (Å²) in [6, 6.07) is 34.2. The Morgan fingerprint density at radius 1 is 0.750 bits per heavy atom. The molecule has 0 spiro atoms. The third-order valence-electron chi connectivity index (χ3n) is 7.71. The third-order valence-corrected chi connectivity index (χ3v) is 7.71. The van der Waals surface area contributed by atoms with Crippen LogP contribution in [0.1, 0.15) is 16.8 Å². The third kappa shape index (κ3) is 6.77. The number of para-hydroxylation sites is 1. The monoisotopic (exact) mass is 582 g/mol. The molecule has 220 valence electrons. The first-order valence-electron chi connectivity index (χ1n) is 14.7. The van der Waals surface area contributed by atoms with Crippen LogP contribution >= 0.6 is 0 Å². The zero-order valence-corrected chi connectivity index (χ0v) is 24.2. The molecular formula is C36H34N6O2. The minimum Gasteiger partial charge on any atom is -0.361 e. The van der Waals surface area contributed by atoms with Gasteiger partial charge in [-0.1, -0.05) is 103 Å². The van der Waals surface area contributed by atoms with Crippen molar-refractivity contribution in [3.63, 3.8) is 0 Å². The normalized spacial score (nSPS) is 12.5. The van der Waals surface area contributed by atoms with E-state index < -0.39 is 18.0 Å². The maximum absolute atomic E-state index is 13.4. The minimum atomic E-state index is -0.853. The zero-order valence-electron chi connectivity index (χ0n) is 24.2. The number of carbonyl (C=O) groups is 2. The highest BCUT2D eigenvalue weighted by atomic mass is 16.2. The Kier molecular flexibility index (Phi) is 8.61. The van der Waals surface area contributed by atoms with Gasteiger partial charge in [0, 0.05) is 47.5 Å². The number of fused-ring (bicyclic) bond motifs is 1. The van der Waals surface area contributed by atoms with Crippen molar-refractivity contribution in [2.45, 2.75) is 31.5 Å². The maximum Gasteiger partial charge on any atom is 0.243 e. The van der Waals surface area contributed by atoms with Crippen LogP contribution in [-0.2, 0) is 29.0 Å². The Balaban J connectivity index is 1.16. The number of carbonyl (C=O) groups excluding carboxylic acids is 2. The summed E-state index contributed by atoms with van der Waals surface area (Å²) in [7, 11) is 0. The first kappa shape index (κ1) is 28.6. The number of H-pyrrole nitrogens is 2. The second-order valence-electron chi connectivity index (χ2n) is 10.8. The van der Waals surface area contributed by atoms with Crippen LogP contribution in [0.4, 0.5) is 0 Å². The molecule has 2 heterocycles. The van der Waals surface area contributed by atoms with Crippen molar-refractivity contribution in [2.24, 2.45) is 5.73 Å². The Morgan fingerprint density at radius 3 is 2.18 bits per heavy atom. The first-order chi connectivity index (χ1) is 21.5. The van der Waals surface area contributed by atoms with Crippen molar-refractivity contribution in [2.75, 3.05) is 0 Å². The molecule has 2 amide bonds. The maximum atomic E-state index is 13.4. The number of hydrogen-bond donors (Lipinski definition) is 5. The Labute approximate surface area is 255 Å². The lowest BCUT2D eigenvalue weighted by atomic mass is 10.0. The van der Waals surface area contributed by atoms with Gasteiger partial charge in [-0.05, 0) is 34.7 Å². The van der Waals surface area contributed by atoms with Gasteiger partial charge in [0.15, 0.2) is 0 Å². The van der Waals surface area contributed by atoms with Gasteiger partial charge in [-0.3, -0.25) is 9.59 Å². The van der Waals surface area contributed by atoms with E-state index in [0.29, 0.717) is 18.8 Å². The lowest BCUT2D eigenvalue weighted by Crippen LogP contribution is -2.53. The van der Waals surface area contributed by atoms with Crippen LogP contribution < -0.4 is 16.4 Å². The van der Waals surface area contributed by atoms with Crippen molar-refractivity contribution in [3.8, 4) is 22.5 Å². The van der Waals surface area contributed by atoms with Gasteiger partial charge in [0.1, 0.15) is 11.9 Å². The molecular weight excluding hydrogens is 548 g/mol. The first-order valence-corrected chi connectivity index (χ1v) is 14.7. The number of nitrogens with two attached hydrogens (primary N) is 1. The van der Waals surface area contributed by atoms with E-state index in [1.54, 1.807) is 6.20 Å². The van der Waals surface area contributed by atoms with E-state index in [2.05, 4.69) is 49.9 Å². The molecule has 0 saturated carbocycles. The summed E-state index contributed by atoms with van der Waals surface area (Å²) in [6.07, 6.45) is 4.14. The number of aromatic amines is 2. The van der Waals surface area contributed by atoms with Crippen LogP contribution in [0.2, 0.25) is 0 Å². The molecule has 44 heavy (non-hydrogen) atoms. The molecule has 0 fully saturated rings. The molecule has 0 saturated heterocycles. The van der Waals surface area contributed by atoms with E-state index in [-0.39, 0.29) is 12.3 Å². The second kappa shape index (κ2) is 13.2. The van der Waals surface area contributed by atoms with E-state index >= 15 is 0 Å². The van der Waals surface area contributed by atoms with Crippen LogP contribution in [0.3, 0.4) is 0 Å². The van der Waals surface area contributed by atoms with Gasteiger partial charge in [0.05, 0.1) is 6.04 Å². The molecule has 0 aliphatic rings. The van der Waals surface area contributed by atoms with E-state index in [1.165, 1.54) is 0 Å². The summed E-state index contributed by atoms with van der Waals surface area (Å²) >= 11 is 0. The van der Waals surface area contributed by atoms with Gasteiger partial charge in [0.25, 0.3) is 0 Å². The summed E-state index contributed by atoms with van der Waals surface area (Å²) in [5.41, 5.74) is 13.2. The molecule has 8 nitrogen and oxygen atoms in total. The SMILES string of the molecule is N[C@@H](Cc1c[nH]c2ccccc12)C(=O)N[C@@H](Cc1cnc(-c2ccc(-c3ccccc3)cc2)[nH]1)C(=O)NCc1ccccc1. The summed E-state index contributed by atoms with van der Waals surface area (Å²) in [6.45, 7) is 0.343. The number of imidazole rings is 1. The molecule has 8 heteroatoms. The highest BCUT2D eigenvalue weighted by Crippen LogP contribution is 2.24. The fraction of sp³-hybridized carbons (Fsp3) is 0.139. The second-order valence-corrected chi connectivity index (χ2v) is 10.8. The van der Waals surface area contributed by atoms with Crippen molar-refractivity contribution in [1.82, 2.24) is 25.6 Å². The van der Waals surface area contributed by atoms with E-state index in [4.69, 9.17) is 5.73 Å². The van der Waals surface area contributed by atoms with Crippen LogP contribution in [0, 0.1) is 0 Å². The van der Waals surface area contributed by atoms with Gasteiger partial charge >= 0.3 is 0 Å². The van der Waals surface area contributed by atoms with Crippen LogP contribution in [-0.4, -0.2) is 38.8 Å². The molecule has 2 atom stereocenters. The number of rotatable bonds is 11. The van der Waals surface area contributed by atoms with E-state index in [9.17, 15) is 9.59 Å². The zero-order chi connectivity index (χ0) is 30.3. The van der Waals surface area contributed by atoms with Crippen molar-refractivity contribution in [3.05, 3.63) is 138 Å². The number of hydrogen-bond acceptors (Lipinski definition) is 4. The van der Waals surface area contributed by atoms with Crippen molar-refractivity contribution >= 4 is 22.7 Å². The topological polar surface area (TPSA) is 129 Å². The summed E-state index contributed by atoms with van der Waals surface area (Å²) in [5, 5.41) is 6.89. The van der Waals surface area contributed by atoms with Gasteiger partial charge in [-0.25, -0.2) is 4.98 Å². The highest BCUT2D eigenvalue weighted by molar-refractivity contribution is 5.91. The minimum absolute atomic E-state index is 0.223. The quantitative estimate of drug-likeness (QED) is 0.145. The molecule has 0 radical (unpaired) electrons. The van der Waals surface area contributed by atoms with Gasteiger partial charge < -0.3 is 26.3 Å². The molecule has 0 unspecified atom stereocenters. The van der Waals surface area contributed by atoms with Crippen molar-refractivity contribution < 1.29 is 9.59 Å². The molecule has 6 aromatic rings. The number of amides is 2. The molecule has 0 aliphatic heterocycles. The summed E-state index contributed by atoms with van der Waals surface area (Å²) in [5.74, 6) is -0.0123. The molecule has 0 aliphatic carbocycles. The predicted octanol–water partition coefficient (Wildman–Crippen LogP) is 5.14. The number of nitrogens with zero attached hydrogens (tertiary/aromatic N) is 1. The fourth-order valence-electron chi connectivity index (χ4n) is 5.31. The number of nitrogens with one attached hydrogen (secondary N) is 4. The highest BCUT2D eigenvalue weighted by Gasteiger charge is 2.25.